The van der Waals surface area contributed by atoms with E-state index < -0.39 is 5.91 Å². The van der Waals surface area contributed by atoms with Crippen molar-refractivity contribution in [2.45, 2.75) is 31.7 Å². The van der Waals surface area contributed by atoms with Crippen LogP contribution in [0.5, 0.6) is 5.75 Å². The van der Waals surface area contributed by atoms with Crippen LogP contribution in [-0.2, 0) is 6.54 Å². The number of aromatic hydroxyl groups is 1. The fourth-order valence-corrected chi connectivity index (χ4v) is 5.08. The van der Waals surface area contributed by atoms with Crippen LogP contribution in [0.15, 0.2) is 66.7 Å². The highest BCUT2D eigenvalue weighted by Gasteiger charge is 2.28. The van der Waals surface area contributed by atoms with Crippen molar-refractivity contribution in [2.75, 3.05) is 5.32 Å². The average Bonchev–Trinajstić information content (AvgIpc) is 3.26. The van der Waals surface area contributed by atoms with Crippen molar-refractivity contribution >= 4 is 52.4 Å². The molecule has 194 valence electrons. The molecule has 1 aliphatic rings. The second-order valence-corrected chi connectivity index (χ2v) is 10.2. The number of hydrogen-bond donors (Lipinski definition) is 3. The zero-order valence-electron chi connectivity index (χ0n) is 20.0. The minimum atomic E-state index is -0.500. The summed E-state index contributed by atoms with van der Waals surface area (Å²) in [6, 6.07) is 18.2. The Kier molecular flexibility index (Phi) is 7.61. The molecular weight excluding hydrogens is 547 g/mol. The molecule has 1 saturated carbocycles. The van der Waals surface area contributed by atoms with Crippen LogP contribution in [0, 0.1) is 0 Å². The molecule has 4 aromatic rings. The second kappa shape index (κ2) is 11.1. The molecule has 0 unspecified atom stereocenters. The summed E-state index contributed by atoms with van der Waals surface area (Å²) in [6.07, 6.45) is 3.01. The van der Waals surface area contributed by atoms with Crippen LogP contribution in [0.4, 0.5) is 10.5 Å². The zero-order valence-corrected chi connectivity index (χ0v) is 22.3. The summed E-state index contributed by atoms with van der Waals surface area (Å²) in [7, 11) is 0. The number of carbonyl (C=O) groups excluding carboxylic acids is 2. The number of aromatic nitrogens is 2. The molecule has 3 aromatic carbocycles. The topological polar surface area (TPSA) is 96.3 Å². The first-order chi connectivity index (χ1) is 18.3. The molecular formula is C28H23Cl3N4O3. The van der Waals surface area contributed by atoms with Gasteiger partial charge < -0.3 is 15.7 Å². The van der Waals surface area contributed by atoms with Crippen molar-refractivity contribution in [3.05, 3.63) is 98.6 Å². The Hall–Kier alpha value is -3.52. The number of rotatable bonds is 6. The Bertz CT molecular complexity index is 1510. The lowest BCUT2D eigenvalue weighted by Crippen LogP contribution is -2.31. The maximum Gasteiger partial charge on any atom is 0.342 e. The van der Waals surface area contributed by atoms with Gasteiger partial charge in [-0.1, -0.05) is 65.5 Å². The van der Waals surface area contributed by atoms with Gasteiger partial charge >= 0.3 is 6.03 Å². The van der Waals surface area contributed by atoms with Gasteiger partial charge in [0.15, 0.2) is 0 Å². The van der Waals surface area contributed by atoms with Gasteiger partial charge in [-0.25, -0.2) is 4.79 Å². The lowest BCUT2D eigenvalue weighted by molar-refractivity contribution is 0.102. The van der Waals surface area contributed by atoms with Gasteiger partial charge in [-0.3, -0.25) is 4.79 Å². The highest BCUT2D eigenvalue weighted by molar-refractivity contribution is 6.40. The molecule has 0 radical (unpaired) electrons. The van der Waals surface area contributed by atoms with Crippen LogP contribution >= 0.6 is 34.8 Å². The highest BCUT2D eigenvalue weighted by atomic mass is 35.5. The number of phenolic OH excluding ortho intramolecular Hbond substituents is 1. The van der Waals surface area contributed by atoms with E-state index >= 15 is 0 Å². The molecule has 3 N–H and O–H groups in total. The molecule has 0 spiro atoms. The maximum atomic E-state index is 13.1. The average molecular weight is 570 g/mol. The molecule has 1 heterocycles. The predicted molar refractivity (Wildman–Crippen MR) is 149 cm³/mol. The van der Waals surface area contributed by atoms with E-state index in [9.17, 15) is 14.7 Å². The predicted octanol–water partition coefficient (Wildman–Crippen LogP) is 7.49. The second-order valence-electron chi connectivity index (χ2n) is 9.03. The Morgan fingerprint density at radius 3 is 2.32 bits per heavy atom. The van der Waals surface area contributed by atoms with E-state index in [-0.39, 0.29) is 39.9 Å². The number of phenols is 1. The van der Waals surface area contributed by atoms with Crippen LogP contribution in [0.1, 0.15) is 46.8 Å². The fourth-order valence-electron chi connectivity index (χ4n) is 4.31. The standard InChI is InChI=1S/C28H23Cl3N4O3/c29-20-8-2-1-5-17(20)15-32-28(38)35-24(16-6-3-7-16)14-23(34-35)19-12-11-18(13-25(19)36)33-27(37)26-21(30)9-4-10-22(26)31/h1-2,4-5,8-14,16,36H,3,6-7,15H2,(H,32,38)(H,33,37). The van der Waals surface area contributed by atoms with Crippen molar-refractivity contribution in [1.82, 2.24) is 15.1 Å². The Balaban J connectivity index is 1.38. The van der Waals surface area contributed by atoms with Gasteiger partial charge in [0.05, 0.1) is 27.0 Å². The summed E-state index contributed by atoms with van der Waals surface area (Å²) >= 11 is 18.5. The number of anilines is 1. The molecule has 1 aromatic heterocycles. The molecule has 1 fully saturated rings. The Morgan fingerprint density at radius 2 is 1.66 bits per heavy atom. The molecule has 0 saturated heterocycles. The summed E-state index contributed by atoms with van der Waals surface area (Å²) < 4.78 is 1.37. The summed E-state index contributed by atoms with van der Waals surface area (Å²) in [4.78, 5) is 25.8. The number of benzene rings is 3. The third kappa shape index (κ3) is 5.36. The number of nitrogens with one attached hydrogen (secondary N) is 2. The number of hydrogen-bond acceptors (Lipinski definition) is 4. The fraction of sp³-hybridized carbons (Fsp3) is 0.179. The van der Waals surface area contributed by atoms with E-state index in [1.807, 2.05) is 24.3 Å². The van der Waals surface area contributed by atoms with Crippen LogP contribution in [0.3, 0.4) is 0 Å². The molecule has 38 heavy (non-hydrogen) atoms. The third-order valence-corrected chi connectivity index (χ3v) is 7.56. The van der Waals surface area contributed by atoms with Crippen LogP contribution < -0.4 is 10.6 Å². The SMILES string of the molecule is O=C(Nc1ccc(-c2cc(C3CCC3)n(C(=O)NCc3ccccc3Cl)n2)c(O)c1)c1c(Cl)cccc1Cl. The lowest BCUT2D eigenvalue weighted by Gasteiger charge is -2.25. The van der Waals surface area contributed by atoms with E-state index in [1.54, 1.807) is 36.4 Å². The third-order valence-electron chi connectivity index (χ3n) is 6.56. The van der Waals surface area contributed by atoms with Crippen LogP contribution in [0.25, 0.3) is 11.3 Å². The number of halogens is 3. The van der Waals surface area contributed by atoms with Crippen molar-refractivity contribution < 1.29 is 14.7 Å². The Morgan fingerprint density at radius 1 is 0.947 bits per heavy atom. The van der Waals surface area contributed by atoms with Gasteiger partial charge in [-0.2, -0.15) is 9.78 Å². The van der Waals surface area contributed by atoms with Crippen molar-refractivity contribution in [2.24, 2.45) is 0 Å². The van der Waals surface area contributed by atoms with Gasteiger partial charge in [0.2, 0.25) is 0 Å². The van der Waals surface area contributed by atoms with E-state index in [0.717, 1.165) is 30.5 Å². The number of nitrogens with zero attached hydrogens (tertiary/aromatic N) is 2. The molecule has 7 nitrogen and oxygen atoms in total. The van der Waals surface area contributed by atoms with E-state index in [2.05, 4.69) is 15.7 Å². The first-order valence-electron chi connectivity index (χ1n) is 12.0. The van der Waals surface area contributed by atoms with Gasteiger partial charge in [-0.05, 0) is 54.8 Å². The smallest absolute Gasteiger partial charge is 0.342 e. The van der Waals surface area contributed by atoms with Crippen molar-refractivity contribution in [3.8, 4) is 17.0 Å². The van der Waals surface area contributed by atoms with Gasteiger partial charge in [0, 0.05) is 34.8 Å². The first kappa shape index (κ1) is 26.1. The minimum Gasteiger partial charge on any atom is -0.507 e. The van der Waals surface area contributed by atoms with E-state index in [1.165, 1.54) is 10.7 Å². The molecule has 5 rings (SSSR count). The molecule has 0 bridgehead atoms. The monoisotopic (exact) mass is 568 g/mol. The summed E-state index contributed by atoms with van der Waals surface area (Å²) in [6.45, 7) is 0.257. The number of carbonyl (C=O) groups is 2. The zero-order chi connectivity index (χ0) is 26.8. The van der Waals surface area contributed by atoms with Crippen LogP contribution in [0.2, 0.25) is 15.1 Å². The van der Waals surface area contributed by atoms with Crippen LogP contribution in [-0.4, -0.2) is 26.8 Å². The quantitative estimate of drug-likeness (QED) is 0.224. The van der Waals surface area contributed by atoms with Crippen molar-refractivity contribution in [3.63, 3.8) is 0 Å². The van der Waals surface area contributed by atoms with Gasteiger partial charge in [-0.15, -0.1) is 0 Å². The van der Waals surface area contributed by atoms with Crippen molar-refractivity contribution in [1.29, 1.82) is 0 Å². The first-order valence-corrected chi connectivity index (χ1v) is 13.2. The summed E-state index contributed by atoms with van der Waals surface area (Å²) in [5.74, 6) is -0.391. The molecule has 0 aliphatic heterocycles. The lowest BCUT2D eigenvalue weighted by atomic mass is 9.82. The summed E-state index contributed by atoms with van der Waals surface area (Å²) in [5, 5.41) is 21.9. The molecule has 10 heteroatoms. The van der Waals surface area contributed by atoms with Gasteiger partial charge in [0.25, 0.3) is 5.91 Å². The normalized spacial score (nSPS) is 13.1. The molecule has 0 atom stereocenters. The Labute approximate surface area is 234 Å². The highest BCUT2D eigenvalue weighted by Crippen LogP contribution is 2.39. The van der Waals surface area contributed by atoms with E-state index in [4.69, 9.17) is 34.8 Å². The summed E-state index contributed by atoms with van der Waals surface area (Å²) in [5.41, 5.74) is 2.96. The number of amides is 2. The van der Waals surface area contributed by atoms with Gasteiger partial charge in [0.1, 0.15) is 5.75 Å². The minimum absolute atomic E-state index is 0.102. The van der Waals surface area contributed by atoms with E-state index in [0.29, 0.717) is 22.0 Å². The maximum absolute atomic E-state index is 13.1. The molecule has 1 aliphatic carbocycles. The largest absolute Gasteiger partial charge is 0.507 e. The molecule has 2 amide bonds.